The summed E-state index contributed by atoms with van der Waals surface area (Å²) in [7, 11) is 0. The van der Waals surface area contributed by atoms with Gasteiger partial charge in [-0.1, -0.05) is 0 Å². The standard InChI is InChI=1S/C16H14F2N6O/c17-15(18)13-14(24-11(22-13)2-1-3-21-24)10-4-12(20-9-19-10)23-5-16(6-23)7-25-8-16/h1-4,9,15H,5-8H2. The molecule has 2 saturated heterocycles. The highest BCUT2D eigenvalue weighted by Gasteiger charge is 2.49. The molecule has 2 aliphatic rings. The SMILES string of the molecule is FC(F)c1nc2cccnn2c1-c1cc(N2CC3(COC3)C2)ncn1. The van der Waals surface area contributed by atoms with Gasteiger partial charge in [-0.2, -0.15) is 5.10 Å². The van der Waals surface area contributed by atoms with E-state index in [-0.39, 0.29) is 16.8 Å². The van der Waals surface area contributed by atoms with Crippen molar-refractivity contribution in [2.24, 2.45) is 5.41 Å². The van der Waals surface area contributed by atoms with Crippen molar-refractivity contribution in [2.45, 2.75) is 6.43 Å². The molecule has 9 heteroatoms. The van der Waals surface area contributed by atoms with Crippen LogP contribution in [-0.2, 0) is 4.74 Å². The molecule has 7 nitrogen and oxygen atoms in total. The molecule has 0 radical (unpaired) electrons. The van der Waals surface area contributed by atoms with Gasteiger partial charge < -0.3 is 9.64 Å². The second-order valence-corrected chi connectivity index (χ2v) is 6.55. The topological polar surface area (TPSA) is 68.4 Å². The van der Waals surface area contributed by atoms with Crippen LogP contribution in [0.4, 0.5) is 14.6 Å². The number of aromatic nitrogens is 5. The average Bonchev–Trinajstić information content (AvgIpc) is 2.92. The number of hydrogen-bond acceptors (Lipinski definition) is 6. The van der Waals surface area contributed by atoms with Gasteiger partial charge in [-0.05, 0) is 12.1 Å². The zero-order valence-corrected chi connectivity index (χ0v) is 13.1. The van der Waals surface area contributed by atoms with Crippen molar-refractivity contribution in [1.82, 2.24) is 24.6 Å². The summed E-state index contributed by atoms with van der Waals surface area (Å²) in [6.07, 6.45) is 0.213. The lowest BCUT2D eigenvalue weighted by Crippen LogP contribution is -2.66. The van der Waals surface area contributed by atoms with Crippen LogP contribution in [0.25, 0.3) is 17.0 Å². The monoisotopic (exact) mass is 344 g/mol. The first-order valence-corrected chi connectivity index (χ1v) is 7.92. The van der Waals surface area contributed by atoms with E-state index in [0.717, 1.165) is 26.3 Å². The molecule has 128 valence electrons. The van der Waals surface area contributed by atoms with E-state index in [1.54, 1.807) is 18.2 Å². The Kier molecular flexibility index (Phi) is 3.02. The molecule has 0 aromatic carbocycles. The fourth-order valence-corrected chi connectivity index (χ4v) is 3.45. The van der Waals surface area contributed by atoms with Crippen molar-refractivity contribution in [3.05, 3.63) is 36.4 Å². The van der Waals surface area contributed by atoms with E-state index in [4.69, 9.17) is 4.74 Å². The second kappa shape index (κ2) is 5.16. The van der Waals surface area contributed by atoms with Crippen LogP contribution in [0.15, 0.2) is 30.7 Å². The van der Waals surface area contributed by atoms with Gasteiger partial charge in [-0.25, -0.2) is 28.2 Å². The summed E-state index contributed by atoms with van der Waals surface area (Å²) in [5, 5.41) is 4.15. The minimum absolute atomic E-state index is 0.205. The van der Waals surface area contributed by atoms with Gasteiger partial charge in [0.25, 0.3) is 6.43 Å². The van der Waals surface area contributed by atoms with Crippen molar-refractivity contribution in [3.63, 3.8) is 0 Å². The minimum Gasteiger partial charge on any atom is -0.380 e. The molecule has 5 heterocycles. The highest BCUT2D eigenvalue weighted by atomic mass is 19.3. The first-order valence-electron chi connectivity index (χ1n) is 7.92. The lowest BCUT2D eigenvalue weighted by Gasteiger charge is -2.55. The highest BCUT2D eigenvalue weighted by molar-refractivity contribution is 5.66. The fourth-order valence-electron chi connectivity index (χ4n) is 3.45. The van der Waals surface area contributed by atoms with Gasteiger partial charge in [-0.3, -0.25) is 0 Å². The van der Waals surface area contributed by atoms with Crippen molar-refractivity contribution < 1.29 is 13.5 Å². The number of imidazole rings is 1. The molecule has 3 aromatic heterocycles. The summed E-state index contributed by atoms with van der Waals surface area (Å²) in [4.78, 5) is 14.6. The summed E-state index contributed by atoms with van der Waals surface area (Å²) in [6.45, 7) is 3.26. The number of fused-ring (bicyclic) bond motifs is 1. The van der Waals surface area contributed by atoms with Gasteiger partial charge in [-0.15, -0.1) is 0 Å². The van der Waals surface area contributed by atoms with E-state index in [2.05, 4.69) is 25.0 Å². The second-order valence-electron chi connectivity index (χ2n) is 6.55. The van der Waals surface area contributed by atoms with Gasteiger partial charge >= 0.3 is 0 Å². The molecular formula is C16H14F2N6O. The van der Waals surface area contributed by atoms with E-state index in [9.17, 15) is 8.78 Å². The zero-order valence-electron chi connectivity index (χ0n) is 13.1. The molecule has 5 rings (SSSR count). The predicted molar refractivity (Wildman–Crippen MR) is 84.4 cm³/mol. The van der Waals surface area contributed by atoms with Crippen molar-refractivity contribution in [3.8, 4) is 11.4 Å². The van der Waals surface area contributed by atoms with Gasteiger partial charge in [0.1, 0.15) is 23.5 Å². The minimum atomic E-state index is -2.71. The Hall–Kier alpha value is -2.68. The molecule has 1 spiro atoms. The largest absolute Gasteiger partial charge is 0.380 e. The maximum atomic E-state index is 13.5. The Morgan fingerprint density at radius 3 is 2.76 bits per heavy atom. The van der Waals surface area contributed by atoms with E-state index < -0.39 is 6.43 Å². The maximum Gasteiger partial charge on any atom is 0.282 e. The maximum absolute atomic E-state index is 13.5. The number of nitrogens with zero attached hydrogens (tertiary/aromatic N) is 6. The highest BCUT2D eigenvalue weighted by Crippen LogP contribution is 2.40. The molecule has 25 heavy (non-hydrogen) atoms. The van der Waals surface area contributed by atoms with Crippen LogP contribution in [0.5, 0.6) is 0 Å². The van der Waals surface area contributed by atoms with E-state index in [1.807, 2.05) is 0 Å². The Morgan fingerprint density at radius 1 is 1.20 bits per heavy atom. The first kappa shape index (κ1) is 14.6. The number of halogens is 2. The summed E-state index contributed by atoms with van der Waals surface area (Å²) in [5.41, 5.74) is 0.872. The third-order valence-corrected chi connectivity index (χ3v) is 4.71. The molecule has 0 atom stereocenters. The third-order valence-electron chi connectivity index (χ3n) is 4.71. The molecule has 0 saturated carbocycles. The van der Waals surface area contributed by atoms with Crippen molar-refractivity contribution in [2.75, 3.05) is 31.2 Å². The summed E-state index contributed by atoms with van der Waals surface area (Å²) in [5.74, 6) is 0.716. The molecule has 0 N–H and O–H groups in total. The molecule has 2 aliphatic heterocycles. The van der Waals surface area contributed by atoms with Crippen LogP contribution in [0, 0.1) is 5.41 Å². The quantitative estimate of drug-likeness (QED) is 0.724. The van der Waals surface area contributed by atoms with Gasteiger partial charge in [0.2, 0.25) is 0 Å². The smallest absolute Gasteiger partial charge is 0.282 e. The van der Waals surface area contributed by atoms with Gasteiger partial charge in [0, 0.05) is 25.4 Å². The number of hydrogen-bond donors (Lipinski definition) is 0. The third kappa shape index (κ3) is 2.19. The first-order chi connectivity index (χ1) is 12.2. The predicted octanol–water partition coefficient (Wildman–Crippen LogP) is 1.96. The van der Waals surface area contributed by atoms with Crippen LogP contribution in [0.2, 0.25) is 0 Å². The number of anilines is 1. The lowest BCUT2D eigenvalue weighted by atomic mass is 9.78. The fraction of sp³-hybridized carbons (Fsp3) is 0.375. The van der Waals surface area contributed by atoms with Crippen LogP contribution in [0.1, 0.15) is 12.1 Å². The van der Waals surface area contributed by atoms with Crippen LogP contribution >= 0.6 is 0 Å². The van der Waals surface area contributed by atoms with Crippen molar-refractivity contribution in [1.29, 1.82) is 0 Å². The van der Waals surface area contributed by atoms with Crippen LogP contribution in [0.3, 0.4) is 0 Å². The molecule has 0 aliphatic carbocycles. The van der Waals surface area contributed by atoms with E-state index in [1.165, 1.54) is 17.0 Å². The molecule has 0 unspecified atom stereocenters. The number of rotatable bonds is 3. The Balaban J connectivity index is 1.56. The van der Waals surface area contributed by atoms with Gasteiger partial charge in [0.15, 0.2) is 5.65 Å². The Morgan fingerprint density at radius 2 is 2.04 bits per heavy atom. The van der Waals surface area contributed by atoms with Crippen LogP contribution in [-0.4, -0.2) is 50.9 Å². The molecule has 0 amide bonds. The molecular weight excluding hydrogens is 330 g/mol. The number of alkyl halides is 2. The number of ether oxygens (including phenoxy) is 1. The Bertz CT molecular complexity index is 947. The summed E-state index contributed by atoms with van der Waals surface area (Å²) >= 11 is 0. The van der Waals surface area contributed by atoms with Crippen LogP contribution < -0.4 is 4.90 Å². The molecule has 0 bridgehead atoms. The molecule has 2 fully saturated rings. The lowest BCUT2D eigenvalue weighted by molar-refractivity contribution is -0.127. The van der Waals surface area contributed by atoms with E-state index in [0.29, 0.717) is 17.2 Å². The zero-order chi connectivity index (χ0) is 17.0. The average molecular weight is 344 g/mol. The molecule has 3 aromatic rings. The van der Waals surface area contributed by atoms with E-state index >= 15 is 0 Å². The summed E-state index contributed by atoms with van der Waals surface area (Å²) < 4.78 is 33.6. The van der Waals surface area contributed by atoms with Crippen molar-refractivity contribution >= 4 is 11.5 Å². The normalized spacial score (nSPS) is 18.6. The Labute approximate surface area is 141 Å². The summed E-state index contributed by atoms with van der Waals surface area (Å²) in [6, 6.07) is 5.02. The van der Waals surface area contributed by atoms with Gasteiger partial charge in [0.05, 0.1) is 24.3 Å².